The first-order valence-electron chi connectivity index (χ1n) is 2.94. The zero-order valence-electron chi connectivity index (χ0n) is 5.65. The van der Waals surface area contributed by atoms with Gasteiger partial charge in [-0.1, -0.05) is 13.8 Å². The van der Waals surface area contributed by atoms with Crippen molar-refractivity contribution in [2.75, 3.05) is 0 Å². The molecule has 0 spiro atoms. The summed E-state index contributed by atoms with van der Waals surface area (Å²) >= 11 is 0. The standard InChI is InChI=1S/C6H13FO/c1-5(2)4-6(3)8-7/h5-6H,4H2,1-3H3. The molecule has 2 heteroatoms. The van der Waals surface area contributed by atoms with Crippen molar-refractivity contribution >= 4 is 0 Å². The van der Waals surface area contributed by atoms with Gasteiger partial charge in [0.2, 0.25) is 0 Å². The minimum atomic E-state index is -0.241. The summed E-state index contributed by atoms with van der Waals surface area (Å²) in [7, 11) is 0. The van der Waals surface area contributed by atoms with E-state index in [2.05, 4.69) is 4.94 Å². The van der Waals surface area contributed by atoms with Crippen molar-refractivity contribution in [3.8, 4) is 0 Å². The van der Waals surface area contributed by atoms with Gasteiger partial charge in [0.05, 0.1) is 6.10 Å². The third-order valence-electron chi connectivity index (χ3n) is 0.955. The van der Waals surface area contributed by atoms with Gasteiger partial charge in [-0.15, -0.1) is 0 Å². The van der Waals surface area contributed by atoms with Crippen molar-refractivity contribution in [2.45, 2.75) is 33.3 Å². The summed E-state index contributed by atoms with van der Waals surface area (Å²) in [5.41, 5.74) is 0. The highest BCUT2D eigenvalue weighted by molar-refractivity contribution is 4.50. The van der Waals surface area contributed by atoms with Gasteiger partial charge in [0.25, 0.3) is 0 Å². The molecule has 0 aromatic carbocycles. The topological polar surface area (TPSA) is 9.23 Å². The molecule has 0 heterocycles. The van der Waals surface area contributed by atoms with E-state index in [1.165, 1.54) is 0 Å². The second-order valence-corrected chi connectivity index (χ2v) is 2.53. The molecule has 0 rings (SSSR count). The minimum absolute atomic E-state index is 0.241. The molecule has 50 valence electrons. The summed E-state index contributed by atoms with van der Waals surface area (Å²) in [5, 5.41) is 0. The Bertz CT molecular complexity index is 54.5. The molecule has 1 nitrogen and oxygen atoms in total. The maximum absolute atomic E-state index is 11.2. The molecule has 0 fully saturated rings. The van der Waals surface area contributed by atoms with E-state index in [-0.39, 0.29) is 6.10 Å². The van der Waals surface area contributed by atoms with Crippen molar-refractivity contribution < 1.29 is 9.47 Å². The lowest BCUT2D eigenvalue weighted by atomic mass is 10.1. The molecule has 1 unspecified atom stereocenters. The Balaban J connectivity index is 3.10. The van der Waals surface area contributed by atoms with E-state index in [0.717, 1.165) is 6.42 Å². The fraction of sp³-hybridized carbons (Fsp3) is 1.00. The molecular weight excluding hydrogens is 107 g/mol. The fourth-order valence-electron chi connectivity index (χ4n) is 0.700. The summed E-state index contributed by atoms with van der Waals surface area (Å²) in [5.74, 6) is 0.515. The van der Waals surface area contributed by atoms with E-state index in [1.54, 1.807) is 6.92 Å². The van der Waals surface area contributed by atoms with Crippen LogP contribution in [0.25, 0.3) is 0 Å². The Kier molecular flexibility index (Phi) is 3.79. The van der Waals surface area contributed by atoms with Crippen molar-refractivity contribution in [1.29, 1.82) is 0 Å². The molecular formula is C6H13FO. The normalized spacial score (nSPS) is 14.6. The highest BCUT2D eigenvalue weighted by Gasteiger charge is 2.03. The van der Waals surface area contributed by atoms with Crippen LogP contribution in [-0.4, -0.2) is 6.10 Å². The largest absolute Gasteiger partial charge is 0.191 e. The maximum Gasteiger partial charge on any atom is 0.0958 e. The first-order chi connectivity index (χ1) is 3.66. The third-order valence-corrected chi connectivity index (χ3v) is 0.955. The minimum Gasteiger partial charge on any atom is -0.191 e. The van der Waals surface area contributed by atoms with Crippen LogP contribution in [0, 0.1) is 5.92 Å². The summed E-state index contributed by atoms with van der Waals surface area (Å²) in [6.07, 6.45) is 0.547. The predicted octanol–water partition coefficient (Wildman–Crippen LogP) is 2.32. The third kappa shape index (κ3) is 4.06. The highest BCUT2D eigenvalue weighted by Crippen LogP contribution is 2.06. The van der Waals surface area contributed by atoms with Crippen molar-refractivity contribution in [3.63, 3.8) is 0 Å². The smallest absolute Gasteiger partial charge is 0.0958 e. The molecule has 0 aliphatic carbocycles. The molecule has 0 saturated heterocycles. The number of halogens is 1. The van der Waals surface area contributed by atoms with E-state index < -0.39 is 0 Å². The molecule has 0 amide bonds. The molecule has 0 N–H and O–H groups in total. The molecule has 0 aromatic heterocycles. The Labute approximate surface area is 49.7 Å². The van der Waals surface area contributed by atoms with Crippen LogP contribution in [0.5, 0.6) is 0 Å². The van der Waals surface area contributed by atoms with Crippen LogP contribution in [0.4, 0.5) is 4.53 Å². The zero-order valence-corrected chi connectivity index (χ0v) is 5.65. The summed E-state index contributed by atoms with van der Waals surface area (Å²) in [6.45, 7) is 5.80. The van der Waals surface area contributed by atoms with E-state index in [0.29, 0.717) is 5.92 Å². The first-order valence-corrected chi connectivity index (χ1v) is 2.94. The van der Waals surface area contributed by atoms with Crippen molar-refractivity contribution in [3.05, 3.63) is 0 Å². The average Bonchev–Trinajstić information content (AvgIpc) is 1.65. The van der Waals surface area contributed by atoms with Gasteiger partial charge in [-0.3, -0.25) is 0 Å². The fourth-order valence-corrected chi connectivity index (χ4v) is 0.700. The van der Waals surface area contributed by atoms with Gasteiger partial charge in [-0.25, -0.2) is 0 Å². The quantitative estimate of drug-likeness (QED) is 0.555. The zero-order chi connectivity index (χ0) is 6.57. The van der Waals surface area contributed by atoms with E-state index in [9.17, 15) is 4.53 Å². The van der Waals surface area contributed by atoms with Crippen LogP contribution >= 0.6 is 0 Å². The summed E-state index contributed by atoms with van der Waals surface area (Å²) < 4.78 is 11.2. The lowest BCUT2D eigenvalue weighted by Gasteiger charge is -2.06. The van der Waals surface area contributed by atoms with Gasteiger partial charge in [0.15, 0.2) is 0 Å². The van der Waals surface area contributed by atoms with Gasteiger partial charge >= 0.3 is 0 Å². The average molecular weight is 120 g/mol. The van der Waals surface area contributed by atoms with Crippen LogP contribution in [-0.2, 0) is 4.94 Å². The van der Waals surface area contributed by atoms with Crippen LogP contribution in [0.1, 0.15) is 27.2 Å². The Morgan fingerprint density at radius 1 is 1.38 bits per heavy atom. The number of hydrogen-bond acceptors (Lipinski definition) is 1. The molecule has 0 aliphatic rings. The molecule has 0 aliphatic heterocycles. The summed E-state index contributed by atoms with van der Waals surface area (Å²) in [4.78, 5) is 3.56. The molecule has 1 atom stereocenters. The Morgan fingerprint density at radius 3 is 2.00 bits per heavy atom. The van der Waals surface area contributed by atoms with Gasteiger partial charge in [-0.2, -0.15) is 4.94 Å². The molecule has 0 radical (unpaired) electrons. The van der Waals surface area contributed by atoms with Crippen LogP contribution in [0.2, 0.25) is 0 Å². The van der Waals surface area contributed by atoms with Gasteiger partial charge in [-0.05, 0) is 23.8 Å². The second-order valence-electron chi connectivity index (χ2n) is 2.53. The Hall–Kier alpha value is -0.110. The SMILES string of the molecule is CC(C)CC(C)OF. The lowest BCUT2D eigenvalue weighted by Crippen LogP contribution is -2.05. The number of hydrogen-bond donors (Lipinski definition) is 0. The van der Waals surface area contributed by atoms with Gasteiger partial charge < -0.3 is 0 Å². The molecule has 0 saturated carbocycles. The lowest BCUT2D eigenvalue weighted by molar-refractivity contribution is -0.176. The van der Waals surface area contributed by atoms with E-state index in [4.69, 9.17) is 0 Å². The monoisotopic (exact) mass is 120 g/mol. The second kappa shape index (κ2) is 3.84. The predicted molar refractivity (Wildman–Crippen MR) is 31.1 cm³/mol. The number of rotatable bonds is 3. The van der Waals surface area contributed by atoms with Crippen LogP contribution < -0.4 is 0 Å². The highest BCUT2D eigenvalue weighted by atomic mass is 19.3. The molecule has 0 aromatic rings. The van der Waals surface area contributed by atoms with Crippen molar-refractivity contribution in [2.24, 2.45) is 5.92 Å². The van der Waals surface area contributed by atoms with Gasteiger partial charge in [0.1, 0.15) is 0 Å². The molecule has 0 bridgehead atoms. The van der Waals surface area contributed by atoms with Gasteiger partial charge in [0, 0.05) is 0 Å². The van der Waals surface area contributed by atoms with Crippen LogP contribution in [0.3, 0.4) is 0 Å². The first kappa shape index (κ1) is 7.89. The molecule has 8 heavy (non-hydrogen) atoms. The van der Waals surface area contributed by atoms with Crippen molar-refractivity contribution in [1.82, 2.24) is 0 Å². The van der Waals surface area contributed by atoms with E-state index >= 15 is 0 Å². The van der Waals surface area contributed by atoms with Crippen LogP contribution in [0.15, 0.2) is 0 Å². The summed E-state index contributed by atoms with van der Waals surface area (Å²) in [6, 6.07) is 0. The Morgan fingerprint density at radius 2 is 1.88 bits per heavy atom. The van der Waals surface area contributed by atoms with E-state index in [1.807, 2.05) is 13.8 Å². The maximum atomic E-state index is 11.2.